The number of hydrogen-bond donors (Lipinski definition) is 1. The van der Waals surface area contributed by atoms with Gasteiger partial charge in [-0.3, -0.25) is 4.79 Å². The fourth-order valence-electron chi connectivity index (χ4n) is 4.97. The SMILES string of the molecule is C=COC(=O)NC(C(=O)O[C@H]1C[N+]2(CC(=O)c3ccccc3)CCC1CC2)c1ccccc1. The van der Waals surface area contributed by atoms with Gasteiger partial charge < -0.3 is 19.3 Å². The van der Waals surface area contributed by atoms with Gasteiger partial charge in [0.25, 0.3) is 0 Å². The predicted octanol–water partition coefficient (Wildman–Crippen LogP) is 3.63. The van der Waals surface area contributed by atoms with E-state index >= 15 is 0 Å². The lowest BCUT2D eigenvalue weighted by atomic mass is 9.82. The molecule has 3 saturated heterocycles. The molecule has 3 heterocycles. The van der Waals surface area contributed by atoms with Gasteiger partial charge in [0.15, 0.2) is 12.1 Å². The van der Waals surface area contributed by atoms with Crippen LogP contribution in [0, 0.1) is 5.92 Å². The van der Waals surface area contributed by atoms with Crippen LogP contribution in [-0.4, -0.2) is 54.6 Å². The number of piperidine rings is 3. The number of amides is 1. The number of Topliss-reactive ketones (excluding diaryl/α,β-unsaturated/α-hetero) is 1. The molecule has 7 nitrogen and oxygen atoms in total. The molecule has 0 saturated carbocycles. The number of benzene rings is 2. The molecule has 7 heteroatoms. The zero-order valence-corrected chi connectivity index (χ0v) is 18.5. The Morgan fingerprint density at radius 3 is 2.30 bits per heavy atom. The molecule has 2 aromatic carbocycles. The molecule has 1 unspecified atom stereocenters. The zero-order valence-electron chi connectivity index (χ0n) is 18.5. The van der Waals surface area contributed by atoms with Crippen molar-refractivity contribution in [2.75, 3.05) is 26.2 Å². The summed E-state index contributed by atoms with van der Waals surface area (Å²) in [7, 11) is 0. The second-order valence-corrected chi connectivity index (χ2v) is 8.79. The maximum Gasteiger partial charge on any atom is 0.412 e. The highest BCUT2D eigenvalue weighted by molar-refractivity contribution is 5.97. The summed E-state index contributed by atoms with van der Waals surface area (Å²) in [5.74, 6) is -0.164. The van der Waals surface area contributed by atoms with Crippen LogP contribution < -0.4 is 5.32 Å². The summed E-state index contributed by atoms with van der Waals surface area (Å²) in [4.78, 5) is 38.1. The first-order valence-electron chi connectivity index (χ1n) is 11.3. The average molecular weight is 450 g/mol. The minimum absolute atomic E-state index is 0.108. The smallest absolute Gasteiger partial charge is 0.412 e. The number of rotatable bonds is 8. The number of esters is 1. The van der Waals surface area contributed by atoms with Gasteiger partial charge >= 0.3 is 12.1 Å². The third-order valence-electron chi connectivity index (χ3n) is 6.70. The Kier molecular flexibility index (Phi) is 6.89. The molecule has 0 aromatic heterocycles. The Morgan fingerprint density at radius 2 is 1.67 bits per heavy atom. The van der Waals surface area contributed by atoms with Crippen LogP contribution in [0.15, 0.2) is 73.5 Å². The summed E-state index contributed by atoms with van der Waals surface area (Å²) in [6.45, 7) is 6.19. The normalized spacial score (nSPS) is 24.4. The van der Waals surface area contributed by atoms with E-state index in [-0.39, 0.29) is 17.8 Å². The van der Waals surface area contributed by atoms with Crippen molar-refractivity contribution >= 4 is 17.8 Å². The van der Waals surface area contributed by atoms with Crippen molar-refractivity contribution in [2.45, 2.75) is 25.0 Å². The lowest BCUT2D eigenvalue weighted by molar-refractivity contribution is -0.938. The van der Waals surface area contributed by atoms with Gasteiger partial charge in [-0.2, -0.15) is 0 Å². The van der Waals surface area contributed by atoms with Crippen LogP contribution in [0.1, 0.15) is 34.8 Å². The monoisotopic (exact) mass is 449 g/mol. The fourth-order valence-corrected chi connectivity index (χ4v) is 4.97. The zero-order chi connectivity index (χ0) is 23.3. The lowest BCUT2D eigenvalue weighted by Crippen LogP contribution is -2.66. The molecule has 172 valence electrons. The van der Waals surface area contributed by atoms with Gasteiger partial charge in [0.2, 0.25) is 5.78 Å². The number of quaternary nitrogens is 1. The molecule has 33 heavy (non-hydrogen) atoms. The number of hydrogen-bond acceptors (Lipinski definition) is 5. The molecule has 3 aliphatic heterocycles. The van der Waals surface area contributed by atoms with E-state index in [0.29, 0.717) is 28.7 Å². The standard InChI is InChI=1S/C26H28N2O5/c1-2-32-26(31)27-24(21-11-7-4-8-12-21)25(30)33-23-18-28(15-13-20(23)14-16-28)17-22(29)19-9-5-3-6-10-19/h2-12,20,23-24H,1,13-18H2/p+1/t20?,23-,24?,28?/m0/s1. The number of nitrogens with one attached hydrogen (secondary N) is 1. The highest BCUT2D eigenvalue weighted by Crippen LogP contribution is 2.36. The average Bonchev–Trinajstić information content (AvgIpc) is 2.84. The molecule has 5 rings (SSSR count). The van der Waals surface area contributed by atoms with Gasteiger partial charge in [-0.1, -0.05) is 67.2 Å². The molecular weight excluding hydrogens is 420 g/mol. The van der Waals surface area contributed by atoms with Gasteiger partial charge in [-0.05, 0) is 5.56 Å². The Balaban J connectivity index is 1.46. The maximum atomic E-state index is 13.2. The van der Waals surface area contributed by atoms with Crippen molar-refractivity contribution in [1.29, 1.82) is 0 Å². The number of alkyl carbamates (subject to hydrolysis) is 1. The maximum absolute atomic E-state index is 13.2. The third kappa shape index (κ3) is 5.31. The Hall–Kier alpha value is -3.45. The van der Waals surface area contributed by atoms with E-state index in [2.05, 4.69) is 11.9 Å². The van der Waals surface area contributed by atoms with Crippen LogP contribution in [0.3, 0.4) is 0 Å². The first kappa shape index (κ1) is 22.7. The summed E-state index contributed by atoms with van der Waals surface area (Å²) in [6.07, 6.45) is 1.74. The van der Waals surface area contributed by atoms with E-state index in [1.807, 2.05) is 36.4 Å². The van der Waals surface area contributed by atoms with E-state index in [0.717, 1.165) is 32.2 Å². The van der Waals surface area contributed by atoms with Gasteiger partial charge in [-0.15, -0.1) is 0 Å². The highest BCUT2D eigenvalue weighted by atomic mass is 16.6. The number of ketones is 1. The molecule has 3 aliphatic rings. The molecule has 1 amide bonds. The van der Waals surface area contributed by atoms with Crippen LogP contribution >= 0.6 is 0 Å². The van der Waals surface area contributed by atoms with Crippen molar-refractivity contribution in [1.82, 2.24) is 5.32 Å². The minimum Gasteiger partial charge on any atom is -0.454 e. The first-order valence-corrected chi connectivity index (χ1v) is 11.3. The number of carbonyl (C=O) groups excluding carboxylic acids is 3. The summed E-state index contributed by atoms with van der Waals surface area (Å²) in [6, 6.07) is 17.2. The van der Waals surface area contributed by atoms with Crippen molar-refractivity contribution < 1.29 is 28.3 Å². The number of fused-ring (bicyclic) bond motifs is 3. The minimum atomic E-state index is -0.992. The summed E-state index contributed by atoms with van der Waals surface area (Å²) >= 11 is 0. The van der Waals surface area contributed by atoms with Crippen LogP contribution in [0.25, 0.3) is 0 Å². The van der Waals surface area contributed by atoms with Crippen molar-refractivity contribution in [3.8, 4) is 0 Å². The van der Waals surface area contributed by atoms with E-state index in [4.69, 9.17) is 9.47 Å². The van der Waals surface area contributed by atoms with Gasteiger partial charge in [0.05, 0.1) is 19.4 Å². The summed E-state index contributed by atoms with van der Waals surface area (Å²) < 4.78 is 11.4. The van der Waals surface area contributed by atoms with Crippen LogP contribution in [0.4, 0.5) is 4.79 Å². The van der Waals surface area contributed by atoms with E-state index in [1.165, 1.54) is 0 Å². The molecule has 0 spiro atoms. The molecule has 1 N–H and O–H groups in total. The number of carbonyl (C=O) groups is 3. The molecule has 2 bridgehead atoms. The second-order valence-electron chi connectivity index (χ2n) is 8.79. The Labute approximate surface area is 193 Å². The Bertz CT molecular complexity index is 1000. The van der Waals surface area contributed by atoms with E-state index in [9.17, 15) is 14.4 Å². The highest BCUT2D eigenvalue weighted by Gasteiger charge is 2.49. The third-order valence-corrected chi connectivity index (χ3v) is 6.70. The molecule has 2 aromatic rings. The van der Waals surface area contributed by atoms with Crippen molar-refractivity contribution in [3.63, 3.8) is 0 Å². The predicted molar refractivity (Wildman–Crippen MR) is 122 cm³/mol. The van der Waals surface area contributed by atoms with Crippen molar-refractivity contribution in [2.24, 2.45) is 5.92 Å². The topological polar surface area (TPSA) is 81.7 Å². The van der Waals surface area contributed by atoms with E-state index < -0.39 is 18.1 Å². The largest absolute Gasteiger partial charge is 0.454 e. The van der Waals surface area contributed by atoms with Gasteiger partial charge in [-0.25, -0.2) is 9.59 Å². The number of nitrogens with zero attached hydrogens (tertiary/aromatic N) is 1. The Morgan fingerprint density at radius 1 is 1.03 bits per heavy atom. The van der Waals surface area contributed by atoms with E-state index in [1.54, 1.807) is 24.3 Å². The molecule has 2 atom stereocenters. The fraction of sp³-hybridized carbons (Fsp3) is 0.346. The second kappa shape index (κ2) is 10.0. The summed E-state index contributed by atoms with van der Waals surface area (Å²) in [5, 5.41) is 2.56. The molecule has 0 aliphatic carbocycles. The molecular formula is C26H29N2O5+. The molecule has 3 fully saturated rings. The van der Waals surface area contributed by atoms with Crippen LogP contribution in [-0.2, 0) is 14.3 Å². The van der Waals surface area contributed by atoms with Crippen LogP contribution in [0.2, 0.25) is 0 Å². The quantitative estimate of drug-likeness (QED) is 0.288. The lowest BCUT2D eigenvalue weighted by Gasteiger charge is -2.51. The number of ether oxygens (including phenoxy) is 2. The van der Waals surface area contributed by atoms with Gasteiger partial charge in [0.1, 0.15) is 13.1 Å². The molecule has 0 radical (unpaired) electrons. The van der Waals surface area contributed by atoms with Crippen LogP contribution in [0.5, 0.6) is 0 Å². The first-order chi connectivity index (χ1) is 16.0. The summed E-state index contributed by atoms with van der Waals surface area (Å²) in [5.41, 5.74) is 1.31. The van der Waals surface area contributed by atoms with Crippen molar-refractivity contribution in [3.05, 3.63) is 84.6 Å². The van der Waals surface area contributed by atoms with Gasteiger partial charge in [0, 0.05) is 24.3 Å².